The average molecular weight is 171 g/mol. The summed E-state index contributed by atoms with van der Waals surface area (Å²) in [6.45, 7) is 10.7. The highest BCUT2D eigenvalue weighted by Crippen LogP contribution is 2.00. The van der Waals surface area contributed by atoms with Crippen LogP contribution >= 0.6 is 0 Å². The highest BCUT2D eigenvalue weighted by molar-refractivity contribution is 6.74. The Morgan fingerprint density at radius 3 is 1.91 bits per heavy atom. The summed E-state index contributed by atoms with van der Waals surface area (Å²) < 4.78 is 1.97. The van der Waals surface area contributed by atoms with Gasteiger partial charge in [-0.05, 0) is 19.6 Å². The van der Waals surface area contributed by atoms with E-state index in [-0.39, 0.29) is 0 Å². The van der Waals surface area contributed by atoms with Crippen LogP contribution in [0.3, 0.4) is 0 Å². The minimum atomic E-state index is -1.24. The summed E-state index contributed by atoms with van der Waals surface area (Å²) in [6.07, 6.45) is 3.37. The lowest BCUT2D eigenvalue weighted by Crippen LogP contribution is -2.32. The third-order valence-corrected chi connectivity index (χ3v) is 2.71. The minimum absolute atomic E-state index is 1.24. The van der Waals surface area contributed by atoms with E-state index in [0.717, 1.165) is 0 Å². The van der Waals surface area contributed by atoms with Crippen molar-refractivity contribution in [2.24, 2.45) is 0 Å². The van der Waals surface area contributed by atoms with E-state index in [9.17, 15) is 0 Å². The van der Waals surface area contributed by atoms with Gasteiger partial charge in [0.15, 0.2) is 8.24 Å². The predicted molar refractivity (Wildman–Crippen MR) is 50.1 cm³/mol. The third-order valence-electron chi connectivity index (χ3n) is 1.11. The van der Waals surface area contributed by atoms with Gasteiger partial charge in [0.2, 0.25) is 0 Å². The van der Waals surface area contributed by atoms with E-state index < -0.39 is 8.24 Å². The van der Waals surface area contributed by atoms with Gasteiger partial charge in [0.1, 0.15) is 12.7 Å². The van der Waals surface area contributed by atoms with Gasteiger partial charge in [-0.2, -0.15) is 5.10 Å². The number of hydrogen-bond acceptors (Lipinski definition) is 2. The lowest BCUT2D eigenvalue weighted by molar-refractivity contribution is 0.933. The monoisotopic (exact) mass is 171 g/mol. The maximum Gasteiger partial charge on any atom is 0.178 e. The highest BCUT2D eigenvalue weighted by atomic mass is 28.3. The summed E-state index contributed by atoms with van der Waals surface area (Å²) in [5.41, 5.74) is 0. The predicted octanol–water partition coefficient (Wildman–Crippen LogP) is 1.99. The normalized spacial score (nSPS) is 10.3. The van der Waals surface area contributed by atoms with Gasteiger partial charge < -0.3 is 0 Å². The summed E-state index contributed by atoms with van der Waals surface area (Å²) in [7, 11) is -1.24. The van der Waals surface area contributed by atoms with E-state index in [1.54, 1.807) is 12.7 Å². The first-order chi connectivity index (χ1) is 5.11. The molecular formula is C7H17N3Si. The second-order valence-corrected chi connectivity index (χ2v) is 7.81. The molecule has 1 aromatic rings. The number of nitrogens with zero attached hydrogens (tertiary/aromatic N) is 3. The maximum atomic E-state index is 4.05. The van der Waals surface area contributed by atoms with Gasteiger partial charge in [-0.1, -0.05) is 13.8 Å². The van der Waals surface area contributed by atoms with Crippen LogP contribution in [0.15, 0.2) is 12.7 Å². The Morgan fingerprint density at radius 2 is 1.73 bits per heavy atom. The second kappa shape index (κ2) is 4.28. The van der Waals surface area contributed by atoms with Crippen LogP contribution in [-0.2, 0) is 0 Å². The van der Waals surface area contributed by atoms with Gasteiger partial charge in [-0.15, -0.1) is 0 Å². The van der Waals surface area contributed by atoms with Crippen molar-refractivity contribution in [2.45, 2.75) is 33.5 Å². The number of aromatic nitrogens is 3. The Labute approximate surface area is 69.5 Å². The molecule has 0 atom stereocenters. The fraction of sp³-hybridized carbons (Fsp3) is 0.714. The lowest BCUT2D eigenvalue weighted by Gasteiger charge is -2.14. The van der Waals surface area contributed by atoms with Crippen LogP contribution in [0.25, 0.3) is 0 Å². The van der Waals surface area contributed by atoms with Crippen molar-refractivity contribution in [2.75, 3.05) is 0 Å². The van der Waals surface area contributed by atoms with Crippen molar-refractivity contribution in [1.82, 2.24) is 14.4 Å². The molecule has 0 bridgehead atoms. The van der Waals surface area contributed by atoms with Gasteiger partial charge in [0.25, 0.3) is 0 Å². The molecule has 3 nitrogen and oxygen atoms in total. The molecule has 0 aromatic carbocycles. The minimum Gasteiger partial charge on any atom is -0.284 e. The molecule has 0 N–H and O–H groups in total. The fourth-order valence-corrected chi connectivity index (χ4v) is 1.37. The van der Waals surface area contributed by atoms with Gasteiger partial charge in [-0.25, -0.2) is 4.98 Å². The van der Waals surface area contributed by atoms with Crippen LogP contribution in [0.5, 0.6) is 0 Å². The van der Waals surface area contributed by atoms with Crippen molar-refractivity contribution >= 4 is 8.24 Å². The first-order valence-electron chi connectivity index (χ1n) is 3.96. The van der Waals surface area contributed by atoms with Crippen LogP contribution in [0.1, 0.15) is 13.8 Å². The summed E-state index contributed by atoms with van der Waals surface area (Å²) in [4.78, 5) is 3.88. The highest BCUT2D eigenvalue weighted by Gasteiger charge is 2.15. The smallest absolute Gasteiger partial charge is 0.178 e. The van der Waals surface area contributed by atoms with Gasteiger partial charge in [0, 0.05) is 0 Å². The van der Waals surface area contributed by atoms with E-state index in [2.05, 4.69) is 29.7 Å². The summed E-state index contributed by atoms with van der Waals surface area (Å²) in [5, 5.41) is 4.05. The third kappa shape index (κ3) is 3.32. The lowest BCUT2D eigenvalue weighted by atomic mass is 11.0. The number of hydrogen-bond donors (Lipinski definition) is 0. The molecule has 0 radical (unpaired) electrons. The first-order valence-corrected chi connectivity index (χ1v) is 7.40. The SMILES string of the molecule is CC.C[Si](C)(C)n1cncn1. The van der Waals surface area contributed by atoms with Crippen LogP contribution in [-0.4, -0.2) is 22.7 Å². The van der Waals surface area contributed by atoms with Crippen molar-refractivity contribution in [1.29, 1.82) is 0 Å². The molecule has 11 heavy (non-hydrogen) atoms. The van der Waals surface area contributed by atoms with Crippen molar-refractivity contribution in [3.8, 4) is 0 Å². The molecule has 0 saturated carbocycles. The van der Waals surface area contributed by atoms with E-state index in [4.69, 9.17) is 0 Å². The molecule has 0 fully saturated rings. The van der Waals surface area contributed by atoms with Gasteiger partial charge >= 0.3 is 0 Å². The summed E-state index contributed by atoms with van der Waals surface area (Å²) in [6, 6.07) is 0. The molecular weight excluding hydrogens is 154 g/mol. The summed E-state index contributed by atoms with van der Waals surface area (Å²) in [5.74, 6) is 0. The van der Waals surface area contributed by atoms with Crippen LogP contribution in [0, 0.1) is 0 Å². The Balaban J connectivity index is 0.000000461. The molecule has 1 heterocycles. The standard InChI is InChI=1S/C5H11N3Si.C2H6/c1-9(2,3)8-5-6-4-7-8;1-2/h4-5H,1-3H3;1-2H3. The molecule has 0 spiro atoms. The molecule has 0 saturated heterocycles. The van der Waals surface area contributed by atoms with Gasteiger partial charge in [-0.3, -0.25) is 4.35 Å². The largest absolute Gasteiger partial charge is 0.284 e. The Hall–Kier alpha value is -0.643. The van der Waals surface area contributed by atoms with Crippen LogP contribution in [0.4, 0.5) is 0 Å². The fourth-order valence-electron chi connectivity index (χ4n) is 0.555. The van der Waals surface area contributed by atoms with Crippen molar-refractivity contribution < 1.29 is 0 Å². The zero-order valence-electron chi connectivity index (χ0n) is 8.00. The molecule has 1 aromatic heterocycles. The molecule has 0 aliphatic rings. The van der Waals surface area contributed by atoms with E-state index in [0.29, 0.717) is 0 Å². The Bertz CT molecular complexity index is 176. The zero-order valence-corrected chi connectivity index (χ0v) is 9.00. The van der Waals surface area contributed by atoms with E-state index in [1.807, 2.05) is 18.2 Å². The van der Waals surface area contributed by atoms with E-state index >= 15 is 0 Å². The Kier molecular flexibility index (Phi) is 4.03. The Morgan fingerprint density at radius 1 is 1.18 bits per heavy atom. The second-order valence-electron chi connectivity index (χ2n) is 3.01. The number of rotatable bonds is 1. The molecule has 0 aliphatic carbocycles. The molecule has 0 aliphatic heterocycles. The average Bonchev–Trinajstić information content (AvgIpc) is 2.40. The molecule has 64 valence electrons. The molecule has 0 amide bonds. The topological polar surface area (TPSA) is 30.7 Å². The maximum absolute atomic E-state index is 4.05. The van der Waals surface area contributed by atoms with Crippen LogP contribution < -0.4 is 0 Å². The molecule has 1 rings (SSSR count). The van der Waals surface area contributed by atoms with Gasteiger partial charge in [0.05, 0.1) is 0 Å². The zero-order chi connectivity index (χ0) is 8.91. The van der Waals surface area contributed by atoms with Crippen molar-refractivity contribution in [3.05, 3.63) is 12.7 Å². The molecule has 0 unspecified atom stereocenters. The first kappa shape index (κ1) is 10.4. The van der Waals surface area contributed by atoms with E-state index in [1.165, 1.54) is 0 Å². The summed E-state index contributed by atoms with van der Waals surface area (Å²) >= 11 is 0. The quantitative estimate of drug-likeness (QED) is 0.605. The molecule has 4 heteroatoms. The van der Waals surface area contributed by atoms with Crippen molar-refractivity contribution in [3.63, 3.8) is 0 Å². The van der Waals surface area contributed by atoms with Crippen LogP contribution in [0.2, 0.25) is 19.6 Å².